The first-order valence-corrected chi connectivity index (χ1v) is 8.51. The second kappa shape index (κ2) is 6.55. The molecule has 0 radical (unpaired) electrons. The Balaban J connectivity index is 1.75. The molecule has 0 saturated carbocycles. The summed E-state index contributed by atoms with van der Waals surface area (Å²) in [5.74, 6) is 0.648. The molecular weight excluding hydrogens is 310 g/mol. The van der Waals surface area contributed by atoms with Crippen LogP contribution in [0.5, 0.6) is 0 Å². The lowest BCUT2D eigenvalue weighted by molar-refractivity contribution is 0.310. The molecule has 0 spiro atoms. The lowest BCUT2D eigenvalue weighted by Crippen LogP contribution is -2.22. The number of aryl methyl sites for hydroxylation is 1. The summed E-state index contributed by atoms with van der Waals surface area (Å²) in [5.41, 5.74) is 1.70. The van der Waals surface area contributed by atoms with Crippen LogP contribution in [0.3, 0.4) is 0 Å². The molecule has 7 heteroatoms. The van der Waals surface area contributed by atoms with Gasteiger partial charge in [0.15, 0.2) is 5.65 Å². The van der Waals surface area contributed by atoms with E-state index in [0.717, 1.165) is 6.54 Å². The largest absolute Gasteiger partial charge is 0.309 e. The number of H-pyrrole nitrogens is 1. The fraction of sp³-hybridized carbons (Fsp3) is 0.312. The highest BCUT2D eigenvalue weighted by atomic mass is 32.2. The SMILES string of the molecule is CSc1ccc(CN(C)Cc2nc3c(cnn3C)c(=O)[nH]2)cc1. The number of hydrogen-bond donors (Lipinski definition) is 1. The third-order valence-corrected chi connectivity index (χ3v) is 4.43. The van der Waals surface area contributed by atoms with Crippen molar-refractivity contribution in [2.45, 2.75) is 18.0 Å². The average Bonchev–Trinajstić information content (AvgIpc) is 2.90. The molecular formula is C16H19N5OS. The second-order valence-electron chi connectivity index (χ2n) is 5.54. The van der Waals surface area contributed by atoms with Gasteiger partial charge >= 0.3 is 0 Å². The number of aromatic nitrogens is 4. The van der Waals surface area contributed by atoms with Gasteiger partial charge in [0.25, 0.3) is 5.56 Å². The Kier molecular flexibility index (Phi) is 4.49. The zero-order valence-corrected chi connectivity index (χ0v) is 14.2. The maximum absolute atomic E-state index is 12.1. The van der Waals surface area contributed by atoms with Crippen LogP contribution in [0.4, 0.5) is 0 Å². The number of benzene rings is 1. The van der Waals surface area contributed by atoms with E-state index >= 15 is 0 Å². The van der Waals surface area contributed by atoms with Crippen molar-refractivity contribution in [3.63, 3.8) is 0 Å². The predicted octanol–water partition coefficient (Wildman–Crippen LogP) is 2.01. The molecule has 1 N–H and O–H groups in total. The normalized spacial score (nSPS) is 11.5. The van der Waals surface area contributed by atoms with Gasteiger partial charge in [-0.15, -0.1) is 11.8 Å². The summed E-state index contributed by atoms with van der Waals surface area (Å²) < 4.78 is 1.62. The fourth-order valence-electron chi connectivity index (χ4n) is 2.51. The molecule has 0 amide bonds. The van der Waals surface area contributed by atoms with Crippen LogP contribution in [-0.2, 0) is 20.1 Å². The van der Waals surface area contributed by atoms with E-state index in [1.54, 1.807) is 29.7 Å². The Morgan fingerprint density at radius 1 is 1.26 bits per heavy atom. The minimum atomic E-state index is -0.143. The van der Waals surface area contributed by atoms with Crippen molar-refractivity contribution < 1.29 is 0 Å². The van der Waals surface area contributed by atoms with Gasteiger partial charge < -0.3 is 4.98 Å². The van der Waals surface area contributed by atoms with Crippen molar-refractivity contribution in [2.75, 3.05) is 13.3 Å². The molecule has 2 heterocycles. The van der Waals surface area contributed by atoms with E-state index in [1.807, 2.05) is 7.05 Å². The molecule has 23 heavy (non-hydrogen) atoms. The number of hydrogen-bond acceptors (Lipinski definition) is 5. The van der Waals surface area contributed by atoms with Gasteiger partial charge in [0, 0.05) is 18.5 Å². The molecule has 1 aromatic carbocycles. The summed E-state index contributed by atoms with van der Waals surface area (Å²) in [5, 5.41) is 4.60. The Morgan fingerprint density at radius 2 is 2.00 bits per heavy atom. The monoisotopic (exact) mass is 329 g/mol. The first-order chi connectivity index (χ1) is 11.1. The van der Waals surface area contributed by atoms with Gasteiger partial charge in [-0.2, -0.15) is 5.10 Å². The van der Waals surface area contributed by atoms with Crippen molar-refractivity contribution in [1.82, 2.24) is 24.6 Å². The number of aromatic amines is 1. The first-order valence-electron chi connectivity index (χ1n) is 7.29. The molecule has 0 atom stereocenters. The van der Waals surface area contributed by atoms with Gasteiger partial charge in [0.05, 0.1) is 12.7 Å². The van der Waals surface area contributed by atoms with Gasteiger partial charge in [-0.3, -0.25) is 14.4 Å². The maximum Gasteiger partial charge on any atom is 0.262 e. The predicted molar refractivity (Wildman–Crippen MR) is 92.5 cm³/mol. The highest BCUT2D eigenvalue weighted by Crippen LogP contribution is 2.16. The Labute approximate surface area is 138 Å². The molecule has 0 aliphatic rings. The van der Waals surface area contributed by atoms with Gasteiger partial charge in [0.1, 0.15) is 11.2 Å². The van der Waals surface area contributed by atoms with Crippen molar-refractivity contribution in [1.29, 1.82) is 0 Å². The smallest absolute Gasteiger partial charge is 0.262 e. The molecule has 0 saturated heterocycles. The lowest BCUT2D eigenvalue weighted by Gasteiger charge is -2.16. The topological polar surface area (TPSA) is 66.8 Å². The van der Waals surface area contributed by atoms with Crippen LogP contribution in [0.1, 0.15) is 11.4 Å². The lowest BCUT2D eigenvalue weighted by atomic mass is 10.2. The van der Waals surface area contributed by atoms with Crippen LogP contribution in [0.25, 0.3) is 11.0 Å². The fourth-order valence-corrected chi connectivity index (χ4v) is 2.92. The molecule has 0 fully saturated rings. The van der Waals surface area contributed by atoms with Gasteiger partial charge in [0.2, 0.25) is 0 Å². The minimum Gasteiger partial charge on any atom is -0.309 e. The number of fused-ring (bicyclic) bond motifs is 1. The molecule has 2 aromatic heterocycles. The zero-order chi connectivity index (χ0) is 16.4. The van der Waals surface area contributed by atoms with Crippen molar-refractivity contribution in [2.24, 2.45) is 7.05 Å². The van der Waals surface area contributed by atoms with E-state index in [4.69, 9.17) is 0 Å². The van der Waals surface area contributed by atoms with E-state index in [-0.39, 0.29) is 5.56 Å². The highest BCUT2D eigenvalue weighted by molar-refractivity contribution is 7.98. The molecule has 120 valence electrons. The van der Waals surface area contributed by atoms with Crippen LogP contribution in [0.15, 0.2) is 40.2 Å². The van der Waals surface area contributed by atoms with Gasteiger partial charge in [-0.25, -0.2) is 4.98 Å². The second-order valence-corrected chi connectivity index (χ2v) is 6.42. The molecule has 0 aliphatic heterocycles. The van der Waals surface area contributed by atoms with Crippen LogP contribution in [0, 0.1) is 0 Å². The molecule has 6 nitrogen and oxygen atoms in total. The summed E-state index contributed by atoms with van der Waals surface area (Å²) in [6.45, 7) is 1.36. The maximum atomic E-state index is 12.1. The van der Waals surface area contributed by atoms with Gasteiger partial charge in [-0.1, -0.05) is 12.1 Å². The first kappa shape index (κ1) is 15.8. The third kappa shape index (κ3) is 3.46. The highest BCUT2D eigenvalue weighted by Gasteiger charge is 2.10. The summed E-state index contributed by atoms with van der Waals surface area (Å²) in [7, 11) is 3.80. The minimum absolute atomic E-state index is 0.143. The van der Waals surface area contributed by atoms with E-state index in [2.05, 4.69) is 50.5 Å². The van der Waals surface area contributed by atoms with Crippen LogP contribution < -0.4 is 5.56 Å². The van der Waals surface area contributed by atoms with E-state index < -0.39 is 0 Å². The molecule has 0 bridgehead atoms. The summed E-state index contributed by atoms with van der Waals surface area (Å²) in [4.78, 5) is 22.8. The van der Waals surface area contributed by atoms with Crippen LogP contribution in [-0.4, -0.2) is 38.0 Å². The van der Waals surface area contributed by atoms with Crippen LogP contribution >= 0.6 is 11.8 Å². The van der Waals surface area contributed by atoms with E-state index in [9.17, 15) is 4.79 Å². The van der Waals surface area contributed by atoms with Gasteiger partial charge in [-0.05, 0) is 31.0 Å². The molecule has 3 aromatic rings. The number of nitrogens with zero attached hydrogens (tertiary/aromatic N) is 4. The average molecular weight is 329 g/mol. The summed E-state index contributed by atoms with van der Waals surface area (Å²) >= 11 is 1.73. The van der Waals surface area contributed by atoms with Crippen molar-refractivity contribution >= 4 is 22.8 Å². The Hall–Kier alpha value is -2.12. The van der Waals surface area contributed by atoms with Crippen molar-refractivity contribution in [3.05, 3.63) is 52.2 Å². The Bertz CT molecular complexity index is 868. The zero-order valence-electron chi connectivity index (χ0n) is 13.4. The van der Waals surface area contributed by atoms with Crippen molar-refractivity contribution in [3.8, 4) is 0 Å². The van der Waals surface area contributed by atoms with E-state index in [0.29, 0.717) is 23.4 Å². The van der Waals surface area contributed by atoms with Crippen LogP contribution in [0.2, 0.25) is 0 Å². The quantitative estimate of drug-likeness (QED) is 0.725. The molecule has 3 rings (SSSR count). The number of rotatable bonds is 5. The molecule has 0 aliphatic carbocycles. The summed E-state index contributed by atoms with van der Waals surface area (Å²) in [6.07, 6.45) is 3.61. The third-order valence-electron chi connectivity index (χ3n) is 3.68. The Morgan fingerprint density at radius 3 is 2.70 bits per heavy atom. The standard InChI is InChI=1S/C16H19N5OS/c1-20(9-11-4-6-12(23-3)7-5-11)10-14-18-15-13(16(22)19-14)8-17-21(15)2/h4-8H,9-10H2,1-3H3,(H,18,19,22). The number of nitrogens with one attached hydrogen (secondary N) is 1. The summed E-state index contributed by atoms with van der Waals surface area (Å²) in [6, 6.07) is 8.50. The van der Waals surface area contributed by atoms with E-state index in [1.165, 1.54) is 10.5 Å². The molecule has 0 unspecified atom stereocenters. The number of thioether (sulfide) groups is 1.